The topological polar surface area (TPSA) is 92.9 Å². The van der Waals surface area contributed by atoms with Gasteiger partial charge in [0.1, 0.15) is 5.56 Å². The molecule has 3 N–H and O–H groups in total. The highest BCUT2D eigenvalue weighted by Gasteiger charge is 2.30. The summed E-state index contributed by atoms with van der Waals surface area (Å²) >= 11 is 5.83. The van der Waals surface area contributed by atoms with Crippen LogP contribution in [0.5, 0.6) is 5.75 Å². The first-order valence-electron chi connectivity index (χ1n) is 4.68. The number of carbonyl (C=O) groups is 2. The summed E-state index contributed by atoms with van der Waals surface area (Å²) in [7, 11) is 1.52. The second-order valence-corrected chi connectivity index (χ2v) is 3.95. The Labute approximate surface area is 102 Å². The molecule has 7 heteroatoms. The highest BCUT2D eigenvalue weighted by Crippen LogP contribution is 2.41. The molecule has 0 saturated heterocycles. The van der Waals surface area contributed by atoms with Crippen LogP contribution >= 0.6 is 11.6 Å². The van der Waals surface area contributed by atoms with Crippen LogP contribution in [-0.2, 0) is 4.79 Å². The number of amides is 1. The number of carboxylic acid groups (broad SMARTS) is 1. The van der Waals surface area contributed by atoms with Crippen LogP contribution < -0.4 is 15.4 Å². The van der Waals surface area contributed by atoms with E-state index >= 15 is 0 Å². The molecule has 1 aromatic carbocycles. The summed E-state index contributed by atoms with van der Waals surface area (Å²) < 4.78 is 5.12. The molecular weight excluding hydrogens is 248 g/mol. The summed E-state index contributed by atoms with van der Waals surface area (Å²) in [6.45, 7) is -0.217. The summed E-state index contributed by atoms with van der Waals surface area (Å²) in [6, 6.07) is 1.41. The largest absolute Gasteiger partial charge is 0.481 e. The minimum atomic E-state index is -1.25. The predicted molar refractivity (Wildman–Crippen MR) is 61.7 cm³/mol. The number of carbonyl (C=O) groups excluding carboxylic acids is 1. The maximum atomic E-state index is 11.4. The van der Waals surface area contributed by atoms with E-state index in [0.29, 0.717) is 5.69 Å². The standard InChI is InChI=1S/C10H9ClN2O4/c1-13-5-2-4(11)8(12)7(10(15)16)9(5)17-3-6(13)14/h2H,3,12H2,1H3,(H,15,16). The average Bonchev–Trinajstić information content (AvgIpc) is 2.26. The number of anilines is 2. The fourth-order valence-corrected chi connectivity index (χ4v) is 1.80. The average molecular weight is 257 g/mol. The molecule has 0 radical (unpaired) electrons. The zero-order chi connectivity index (χ0) is 12.7. The van der Waals surface area contributed by atoms with Crippen LogP contribution in [0.4, 0.5) is 11.4 Å². The fraction of sp³-hybridized carbons (Fsp3) is 0.200. The molecule has 0 unspecified atom stereocenters. The number of nitrogens with zero attached hydrogens (tertiary/aromatic N) is 1. The highest BCUT2D eigenvalue weighted by atomic mass is 35.5. The van der Waals surface area contributed by atoms with E-state index in [9.17, 15) is 9.59 Å². The maximum absolute atomic E-state index is 11.4. The maximum Gasteiger partial charge on any atom is 0.341 e. The van der Waals surface area contributed by atoms with Gasteiger partial charge in [0.25, 0.3) is 5.91 Å². The molecule has 17 heavy (non-hydrogen) atoms. The number of nitrogens with two attached hydrogens (primary N) is 1. The van der Waals surface area contributed by atoms with Gasteiger partial charge in [-0.3, -0.25) is 4.79 Å². The molecule has 0 bridgehead atoms. The molecule has 6 nitrogen and oxygen atoms in total. The Bertz CT molecular complexity index is 530. The summed E-state index contributed by atoms with van der Waals surface area (Å²) in [4.78, 5) is 23.8. The second-order valence-electron chi connectivity index (χ2n) is 3.54. The van der Waals surface area contributed by atoms with E-state index in [1.165, 1.54) is 18.0 Å². The van der Waals surface area contributed by atoms with Crippen molar-refractivity contribution in [3.63, 3.8) is 0 Å². The highest BCUT2D eigenvalue weighted by molar-refractivity contribution is 6.34. The molecule has 0 aromatic heterocycles. The normalized spacial score (nSPS) is 14.2. The van der Waals surface area contributed by atoms with E-state index in [-0.39, 0.29) is 34.5 Å². The lowest BCUT2D eigenvalue weighted by molar-refractivity contribution is -0.121. The fourth-order valence-electron chi connectivity index (χ4n) is 1.61. The first-order valence-corrected chi connectivity index (χ1v) is 5.06. The molecule has 0 spiro atoms. The first kappa shape index (κ1) is 11.5. The number of aromatic carboxylic acids is 1. The van der Waals surface area contributed by atoms with Gasteiger partial charge in [-0.15, -0.1) is 0 Å². The van der Waals surface area contributed by atoms with Crippen molar-refractivity contribution in [1.82, 2.24) is 0 Å². The van der Waals surface area contributed by atoms with E-state index < -0.39 is 5.97 Å². The number of likely N-dealkylation sites (N-methyl/N-ethyl adjacent to an activating group) is 1. The molecule has 0 saturated carbocycles. The van der Waals surface area contributed by atoms with Crippen molar-refractivity contribution < 1.29 is 19.4 Å². The number of ether oxygens (including phenoxy) is 1. The third-order valence-electron chi connectivity index (χ3n) is 2.54. The molecule has 90 valence electrons. The molecule has 1 aliphatic rings. The quantitative estimate of drug-likeness (QED) is 0.731. The Kier molecular flexibility index (Phi) is 2.59. The van der Waals surface area contributed by atoms with Crippen molar-refractivity contribution in [3.8, 4) is 5.75 Å². The number of rotatable bonds is 1. The van der Waals surface area contributed by atoms with Gasteiger partial charge in [-0.25, -0.2) is 4.79 Å². The molecular formula is C10H9ClN2O4. The third kappa shape index (κ3) is 1.66. The predicted octanol–water partition coefficient (Wildman–Crippen LogP) is 0.976. The third-order valence-corrected chi connectivity index (χ3v) is 2.85. The van der Waals surface area contributed by atoms with E-state index in [0.717, 1.165) is 0 Å². The molecule has 1 aliphatic heterocycles. The van der Waals surface area contributed by atoms with E-state index in [1.54, 1.807) is 0 Å². The van der Waals surface area contributed by atoms with E-state index in [2.05, 4.69) is 0 Å². The van der Waals surface area contributed by atoms with Crippen LogP contribution in [0.3, 0.4) is 0 Å². The Morgan fingerprint density at radius 3 is 2.88 bits per heavy atom. The van der Waals surface area contributed by atoms with Crippen molar-refractivity contribution in [2.24, 2.45) is 0 Å². The number of benzene rings is 1. The number of nitrogen functional groups attached to an aromatic ring is 1. The van der Waals surface area contributed by atoms with Crippen LogP contribution in [0.25, 0.3) is 0 Å². The van der Waals surface area contributed by atoms with Crippen molar-refractivity contribution >= 4 is 34.9 Å². The van der Waals surface area contributed by atoms with Gasteiger partial charge in [0, 0.05) is 7.05 Å². The number of fused-ring (bicyclic) bond motifs is 1. The van der Waals surface area contributed by atoms with Gasteiger partial charge in [-0.2, -0.15) is 0 Å². The van der Waals surface area contributed by atoms with Crippen LogP contribution in [0.2, 0.25) is 5.02 Å². The smallest absolute Gasteiger partial charge is 0.341 e. The Balaban J connectivity index is 2.74. The van der Waals surface area contributed by atoms with Crippen molar-refractivity contribution in [3.05, 3.63) is 16.7 Å². The van der Waals surface area contributed by atoms with Crippen molar-refractivity contribution in [2.75, 3.05) is 24.3 Å². The monoisotopic (exact) mass is 256 g/mol. The molecule has 0 aliphatic carbocycles. The number of carboxylic acids is 1. The van der Waals surface area contributed by atoms with Gasteiger partial charge >= 0.3 is 5.97 Å². The minimum absolute atomic E-state index is 0.0688. The van der Waals surface area contributed by atoms with E-state index in [4.69, 9.17) is 27.2 Å². The number of hydrogen-bond donors (Lipinski definition) is 2. The lowest BCUT2D eigenvalue weighted by atomic mass is 10.1. The van der Waals surface area contributed by atoms with Crippen LogP contribution in [0.15, 0.2) is 6.07 Å². The van der Waals surface area contributed by atoms with Gasteiger partial charge in [0.15, 0.2) is 12.4 Å². The number of hydrogen-bond acceptors (Lipinski definition) is 4. The summed E-state index contributed by atoms with van der Waals surface area (Å²) in [6.07, 6.45) is 0. The van der Waals surface area contributed by atoms with Crippen LogP contribution in [0.1, 0.15) is 10.4 Å². The molecule has 2 rings (SSSR count). The van der Waals surface area contributed by atoms with Crippen molar-refractivity contribution in [1.29, 1.82) is 0 Å². The lowest BCUT2D eigenvalue weighted by Gasteiger charge is -2.27. The molecule has 1 heterocycles. The summed E-state index contributed by atoms with van der Waals surface area (Å²) in [5, 5.41) is 9.15. The summed E-state index contributed by atoms with van der Waals surface area (Å²) in [5.41, 5.74) is 5.61. The van der Waals surface area contributed by atoms with Crippen LogP contribution in [-0.4, -0.2) is 30.6 Å². The second kappa shape index (κ2) is 3.81. The Hall–Kier alpha value is -1.95. The summed E-state index contributed by atoms with van der Waals surface area (Å²) in [5.74, 6) is -1.46. The minimum Gasteiger partial charge on any atom is -0.481 e. The van der Waals surface area contributed by atoms with Gasteiger partial charge in [-0.05, 0) is 6.07 Å². The van der Waals surface area contributed by atoms with E-state index in [1.807, 2.05) is 0 Å². The number of halogens is 1. The Morgan fingerprint density at radius 2 is 2.29 bits per heavy atom. The molecule has 1 amide bonds. The molecule has 1 aromatic rings. The van der Waals surface area contributed by atoms with Gasteiger partial charge in [0.05, 0.1) is 16.4 Å². The zero-order valence-corrected chi connectivity index (χ0v) is 9.61. The first-order chi connectivity index (χ1) is 7.93. The molecule has 0 fully saturated rings. The Morgan fingerprint density at radius 1 is 1.65 bits per heavy atom. The van der Waals surface area contributed by atoms with Gasteiger partial charge < -0.3 is 20.5 Å². The SMILES string of the molecule is CN1C(=O)COc2c1cc(Cl)c(N)c2C(=O)O. The zero-order valence-electron chi connectivity index (χ0n) is 8.86. The van der Waals surface area contributed by atoms with Gasteiger partial charge in [-0.1, -0.05) is 11.6 Å². The van der Waals surface area contributed by atoms with Gasteiger partial charge in [0.2, 0.25) is 0 Å². The lowest BCUT2D eigenvalue weighted by Crippen LogP contribution is -2.36. The van der Waals surface area contributed by atoms with Crippen LogP contribution in [0, 0.1) is 0 Å². The van der Waals surface area contributed by atoms with Crippen molar-refractivity contribution in [2.45, 2.75) is 0 Å². The molecule has 0 atom stereocenters.